The first-order chi connectivity index (χ1) is 6.66. The fourth-order valence-corrected chi connectivity index (χ4v) is 1.54. The Bertz CT molecular complexity index is 457. The molecule has 0 saturated heterocycles. The van der Waals surface area contributed by atoms with Crippen LogP contribution in [0.2, 0.25) is 0 Å². The molecule has 0 bridgehead atoms. The smallest absolute Gasteiger partial charge is 0.153 e. The highest BCUT2D eigenvalue weighted by atomic mass is 15.3. The fourth-order valence-electron chi connectivity index (χ4n) is 1.54. The van der Waals surface area contributed by atoms with E-state index in [0.29, 0.717) is 5.82 Å². The Kier molecular flexibility index (Phi) is 2.00. The average Bonchev–Trinajstić information content (AvgIpc) is 2.45. The van der Waals surface area contributed by atoms with Gasteiger partial charge in [-0.2, -0.15) is 5.10 Å². The molecule has 72 valence electrons. The molecule has 2 N–H and O–H groups in total. The number of aryl methyl sites for hydroxylation is 2. The minimum atomic E-state index is 0.582. The van der Waals surface area contributed by atoms with E-state index in [0.717, 1.165) is 11.1 Å². The lowest BCUT2D eigenvalue weighted by molar-refractivity contribution is 0.772. The van der Waals surface area contributed by atoms with Gasteiger partial charge in [0.2, 0.25) is 0 Å². The van der Waals surface area contributed by atoms with Crippen LogP contribution in [0.3, 0.4) is 0 Å². The van der Waals surface area contributed by atoms with Gasteiger partial charge in [-0.3, -0.25) is 4.68 Å². The van der Waals surface area contributed by atoms with Crippen LogP contribution in [0.1, 0.15) is 5.56 Å². The lowest BCUT2D eigenvalue weighted by Crippen LogP contribution is -1.90. The highest BCUT2D eigenvalue weighted by molar-refractivity contribution is 5.73. The van der Waals surface area contributed by atoms with Gasteiger partial charge < -0.3 is 5.73 Å². The summed E-state index contributed by atoms with van der Waals surface area (Å²) in [5.41, 5.74) is 9.14. The normalized spacial score (nSPS) is 10.4. The van der Waals surface area contributed by atoms with Crippen LogP contribution in [0.15, 0.2) is 30.5 Å². The molecule has 0 spiro atoms. The summed E-state index contributed by atoms with van der Waals surface area (Å²) in [6.45, 7) is 2.07. The highest BCUT2D eigenvalue weighted by Gasteiger charge is 2.05. The van der Waals surface area contributed by atoms with Crippen molar-refractivity contribution in [3.63, 3.8) is 0 Å². The van der Waals surface area contributed by atoms with Crippen LogP contribution in [0.5, 0.6) is 0 Å². The first kappa shape index (κ1) is 8.81. The zero-order valence-electron chi connectivity index (χ0n) is 8.36. The van der Waals surface area contributed by atoms with Crippen LogP contribution >= 0.6 is 0 Å². The number of aromatic nitrogens is 2. The first-order valence-electron chi connectivity index (χ1n) is 4.53. The number of hydrogen-bond donors (Lipinski definition) is 1. The molecule has 3 nitrogen and oxygen atoms in total. The van der Waals surface area contributed by atoms with E-state index >= 15 is 0 Å². The molecule has 14 heavy (non-hydrogen) atoms. The number of benzene rings is 1. The second-order valence-electron chi connectivity index (χ2n) is 3.47. The fraction of sp³-hybridized carbons (Fsp3) is 0.182. The van der Waals surface area contributed by atoms with Gasteiger partial charge in [-0.15, -0.1) is 0 Å². The van der Waals surface area contributed by atoms with Crippen molar-refractivity contribution in [1.82, 2.24) is 9.78 Å². The minimum Gasteiger partial charge on any atom is -0.382 e. The number of hydrogen-bond acceptors (Lipinski definition) is 2. The maximum Gasteiger partial charge on any atom is 0.153 e. The summed E-state index contributed by atoms with van der Waals surface area (Å²) in [4.78, 5) is 0. The second-order valence-corrected chi connectivity index (χ2v) is 3.47. The van der Waals surface area contributed by atoms with Gasteiger partial charge in [-0.1, -0.05) is 29.8 Å². The predicted octanol–water partition coefficient (Wildman–Crippen LogP) is 1.98. The Hall–Kier alpha value is -1.77. The molecule has 0 saturated carbocycles. The Labute approximate surface area is 83.2 Å². The highest BCUT2D eigenvalue weighted by Crippen LogP contribution is 2.24. The molecule has 1 aromatic heterocycles. The number of nitrogens with zero attached hydrogens (tertiary/aromatic N) is 2. The Morgan fingerprint density at radius 3 is 2.71 bits per heavy atom. The molecule has 0 radical (unpaired) electrons. The van der Waals surface area contributed by atoms with E-state index < -0.39 is 0 Å². The first-order valence-corrected chi connectivity index (χ1v) is 4.53. The lowest BCUT2D eigenvalue weighted by Gasteiger charge is -1.99. The molecule has 0 atom stereocenters. The van der Waals surface area contributed by atoms with Crippen LogP contribution in [0.25, 0.3) is 11.1 Å². The SMILES string of the molecule is Cc1cccc(-c2cn(C)nc2N)c1. The molecule has 3 heteroatoms. The van der Waals surface area contributed by atoms with Gasteiger partial charge in [0, 0.05) is 18.8 Å². The lowest BCUT2D eigenvalue weighted by atomic mass is 10.1. The topological polar surface area (TPSA) is 43.8 Å². The minimum absolute atomic E-state index is 0.582. The van der Waals surface area contributed by atoms with Gasteiger partial charge in [0.05, 0.1) is 0 Å². The van der Waals surface area contributed by atoms with E-state index in [2.05, 4.69) is 24.2 Å². The maximum absolute atomic E-state index is 5.79. The quantitative estimate of drug-likeness (QED) is 0.741. The van der Waals surface area contributed by atoms with E-state index in [9.17, 15) is 0 Å². The summed E-state index contributed by atoms with van der Waals surface area (Å²) in [6.07, 6.45) is 1.93. The summed E-state index contributed by atoms with van der Waals surface area (Å²) in [6, 6.07) is 8.24. The number of nitrogens with two attached hydrogens (primary N) is 1. The molecular weight excluding hydrogens is 174 g/mol. The van der Waals surface area contributed by atoms with Crippen LogP contribution in [0, 0.1) is 6.92 Å². The van der Waals surface area contributed by atoms with Crippen molar-refractivity contribution >= 4 is 5.82 Å². The second kappa shape index (κ2) is 3.18. The summed E-state index contributed by atoms with van der Waals surface area (Å²) in [7, 11) is 1.87. The largest absolute Gasteiger partial charge is 0.382 e. The van der Waals surface area contributed by atoms with Crippen molar-refractivity contribution < 1.29 is 0 Å². The van der Waals surface area contributed by atoms with E-state index in [1.54, 1.807) is 4.68 Å². The van der Waals surface area contributed by atoms with E-state index in [-0.39, 0.29) is 0 Å². The van der Waals surface area contributed by atoms with Gasteiger partial charge in [0.25, 0.3) is 0 Å². The van der Waals surface area contributed by atoms with E-state index in [1.807, 2.05) is 25.4 Å². The van der Waals surface area contributed by atoms with Crippen LogP contribution in [-0.2, 0) is 7.05 Å². The Morgan fingerprint density at radius 1 is 1.36 bits per heavy atom. The van der Waals surface area contributed by atoms with Crippen molar-refractivity contribution in [2.75, 3.05) is 5.73 Å². The van der Waals surface area contributed by atoms with Crippen molar-refractivity contribution in [1.29, 1.82) is 0 Å². The zero-order chi connectivity index (χ0) is 10.1. The van der Waals surface area contributed by atoms with Crippen molar-refractivity contribution in [2.45, 2.75) is 6.92 Å². The molecular formula is C11H13N3. The van der Waals surface area contributed by atoms with Crippen molar-refractivity contribution in [2.24, 2.45) is 7.05 Å². The van der Waals surface area contributed by atoms with E-state index in [1.165, 1.54) is 5.56 Å². The maximum atomic E-state index is 5.79. The molecule has 1 heterocycles. The molecule has 2 aromatic rings. The zero-order valence-corrected chi connectivity index (χ0v) is 8.36. The number of rotatable bonds is 1. The van der Waals surface area contributed by atoms with Crippen molar-refractivity contribution in [3.8, 4) is 11.1 Å². The molecule has 0 aliphatic heterocycles. The molecule has 0 unspecified atom stereocenters. The van der Waals surface area contributed by atoms with Gasteiger partial charge in [0.15, 0.2) is 5.82 Å². The molecule has 1 aromatic carbocycles. The van der Waals surface area contributed by atoms with Gasteiger partial charge in [-0.25, -0.2) is 0 Å². The van der Waals surface area contributed by atoms with E-state index in [4.69, 9.17) is 5.73 Å². The monoisotopic (exact) mass is 187 g/mol. The van der Waals surface area contributed by atoms with Gasteiger partial charge >= 0.3 is 0 Å². The van der Waals surface area contributed by atoms with Crippen LogP contribution in [-0.4, -0.2) is 9.78 Å². The molecule has 0 fully saturated rings. The summed E-state index contributed by atoms with van der Waals surface area (Å²) in [5.74, 6) is 0.582. The molecule has 2 rings (SSSR count). The third-order valence-electron chi connectivity index (χ3n) is 2.19. The summed E-state index contributed by atoms with van der Waals surface area (Å²) < 4.78 is 1.73. The number of nitrogen functional groups attached to an aromatic ring is 1. The predicted molar refractivity (Wildman–Crippen MR) is 57.8 cm³/mol. The Morgan fingerprint density at radius 2 is 2.14 bits per heavy atom. The molecule has 0 aliphatic rings. The van der Waals surface area contributed by atoms with Gasteiger partial charge in [-0.05, 0) is 12.5 Å². The molecule has 0 amide bonds. The number of anilines is 1. The van der Waals surface area contributed by atoms with Crippen LogP contribution < -0.4 is 5.73 Å². The standard InChI is InChI=1S/C11H13N3/c1-8-4-3-5-9(6-8)10-7-14(2)13-11(10)12/h3-7H,1-2H3,(H2,12,13). The van der Waals surface area contributed by atoms with Crippen LogP contribution in [0.4, 0.5) is 5.82 Å². The third kappa shape index (κ3) is 1.48. The molecule has 0 aliphatic carbocycles. The van der Waals surface area contributed by atoms with Crippen molar-refractivity contribution in [3.05, 3.63) is 36.0 Å². The van der Waals surface area contributed by atoms with Gasteiger partial charge in [0.1, 0.15) is 0 Å². The summed E-state index contributed by atoms with van der Waals surface area (Å²) >= 11 is 0. The third-order valence-corrected chi connectivity index (χ3v) is 2.19. The average molecular weight is 187 g/mol. The Balaban J connectivity index is 2.54. The summed E-state index contributed by atoms with van der Waals surface area (Å²) in [5, 5.41) is 4.11.